The minimum Gasteiger partial charge on any atom is -0.491 e. The molecule has 0 saturated carbocycles. The fourth-order valence-corrected chi connectivity index (χ4v) is 1.97. The Morgan fingerprint density at radius 2 is 2.00 bits per heavy atom. The van der Waals surface area contributed by atoms with Crippen LogP contribution in [0.4, 0.5) is 0 Å². The smallest absolute Gasteiger partial charge is 0.122 e. The van der Waals surface area contributed by atoms with Crippen molar-refractivity contribution >= 4 is 0 Å². The molecule has 1 atom stereocenters. The first kappa shape index (κ1) is 17.0. The van der Waals surface area contributed by atoms with E-state index in [4.69, 9.17) is 4.74 Å². The summed E-state index contributed by atoms with van der Waals surface area (Å²) in [5.41, 5.74) is 2.56. The number of rotatable bonds is 7. The SMILES string of the molecule is CCCNCC(O)COc1ccc(C(C)(C)C)cc1C. The second-order valence-corrected chi connectivity index (χ2v) is 6.40. The van der Waals surface area contributed by atoms with Crippen LogP contribution in [0.25, 0.3) is 0 Å². The van der Waals surface area contributed by atoms with Gasteiger partial charge in [0.15, 0.2) is 0 Å². The third-order valence-corrected chi connectivity index (χ3v) is 3.28. The summed E-state index contributed by atoms with van der Waals surface area (Å²) in [7, 11) is 0. The zero-order valence-corrected chi connectivity index (χ0v) is 13.5. The fourth-order valence-electron chi connectivity index (χ4n) is 1.97. The molecule has 0 aliphatic heterocycles. The van der Waals surface area contributed by atoms with E-state index in [1.54, 1.807) is 0 Å². The summed E-state index contributed by atoms with van der Waals surface area (Å²) in [6.07, 6.45) is 0.601. The Morgan fingerprint density at radius 3 is 2.55 bits per heavy atom. The molecule has 1 aromatic rings. The molecule has 20 heavy (non-hydrogen) atoms. The molecule has 1 unspecified atom stereocenters. The average molecular weight is 279 g/mol. The molecule has 0 amide bonds. The second kappa shape index (κ2) is 7.65. The van der Waals surface area contributed by atoms with E-state index in [9.17, 15) is 5.11 Å². The number of aliphatic hydroxyl groups excluding tert-OH is 1. The van der Waals surface area contributed by atoms with Gasteiger partial charge in [-0.3, -0.25) is 0 Å². The molecule has 1 rings (SSSR count). The molecule has 0 heterocycles. The lowest BCUT2D eigenvalue weighted by atomic mass is 9.86. The van der Waals surface area contributed by atoms with E-state index in [-0.39, 0.29) is 5.41 Å². The molecule has 0 fully saturated rings. The molecule has 0 radical (unpaired) electrons. The maximum absolute atomic E-state index is 9.82. The van der Waals surface area contributed by atoms with Crippen molar-refractivity contribution in [3.05, 3.63) is 29.3 Å². The van der Waals surface area contributed by atoms with Gasteiger partial charge >= 0.3 is 0 Å². The van der Waals surface area contributed by atoms with E-state index >= 15 is 0 Å². The number of aliphatic hydroxyl groups is 1. The Morgan fingerprint density at radius 1 is 1.30 bits per heavy atom. The van der Waals surface area contributed by atoms with Crippen LogP contribution in [0.2, 0.25) is 0 Å². The third-order valence-electron chi connectivity index (χ3n) is 3.28. The number of hydrogen-bond donors (Lipinski definition) is 2. The minimum absolute atomic E-state index is 0.146. The van der Waals surface area contributed by atoms with E-state index < -0.39 is 6.10 Å². The van der Waals surface area contributed by atoms with Crippen molar-refractivity contribution in [2.75, 3.05) is 19.7 Å². The molecule has 3 heteroatoms. The summed E-state index contributed by atoms with van der Waals surface area (Å²) in [4.78, 5) is 0. The Labute approximate surface area is 123 Å². The van der Waals surface area contributed by atoms with Crippen LogP contribution >= 0.6 is 0 Å². The van der Waals surface area contributed by atoms with Gasteiger partial charge in [0.1, 0.15) is 18.5 Å². The summed E-state index contributed by atoms with van der Waals surface area (Å²) in [5, 5.41) is 13.0. The molecular weight excluding hydrogens is 250 g/mol. The van der Waals surface area contributed by atoms with Crippen LogP contribution in [0.1, 0.15) is 45.2 Å². The monoisotopic (exact) mass is 279 g/mol. The van der Waals surface area contributed by atoms with Crippen molar-refractivity contribution in [1.82, 2.24) is 5.32 Å². The van der Waals surface area contributed by atoms with E-state index in [0.717, 1.165) is 24.3 Å². The number of benzene rings is 1. The molecule has 0 saturated heterocycles. The Bertz CT molecular complexity index is 410. The summed E-state index contributed by atoms with van der Waals surface area (Å²) in [5.74, 6) is 0.854. The van der Waals surface area contributed by atoms with Gasteiger partial charge in [0, 0.05) is 6.54 Å². The van der Waals surface area contributed by atoms with Crippen molar-refractivity contribution in [1.29, 1.82) is 0 Å². The Hall–Kier alpha value is -1.06. The van der Waals surface area contributed by atoms with Crippen LogP contribution < -0.4 is 10.1 Å². The standard InChI is InChI=1S/C17H29NO2/c1-6-9-18-11-15(19)12-20-16-8-7-14(10-13(16)2)17(3,4)5/h7-8,10,15,18-19H,6,9,11-12H2,1-5H3. The summed E-state index contributed by atoms with van der Waals surface area (Å²) in [6, 6.07) is 6.27. The molecule has 114 valence electrons. The zero-order chi connectivity index (χ0) is 15.2. The molecule has 2 N–H and O–H groups in total. The summed E-state index contributed by atoms with van der Waals surface area (Å²) in [6.45, 7) is 12.6. The van der Waals surface area contributed by atoms with Gasteiger partial charge in [0.2, 0.25) is 0 Å². The molecule has 0 aliphatic carbocycles. The molecule has 0 bridgehead atoms. The molecule has 0 aromatic heterocycles. The summed E-state index contributed by atoms with van der Waals surface area (Å²) >= 11 is 0. The van der Waals surface area contributed by atoms with Gasteiger partial charge in [-0.05, 0) is 42.5 Å². The maximum Gasteiger partial charge on any atom is 0.122 e. The number of nitrogens with one attached hydrogen (secondary N) is 1. The highest BCUT2D eigenvalue weighted by Crippen LogP contribution is 2.27. The first-order valence-electron chi connectivity index (χ1n) is 7.47. The number of hydrogen-bond acceptors (Lipinski definition) is 3. The van der Waals surface area contributed by atoms with Gasteiger partial charge in [0.05, 0.1) is 0 Å². The van der Waals surface area contributed by atoms with Crippen molar-refractivity contribution in [3.63, 3.8) is 0 Å². The zero-order valence-electron chi connectivity index (χ0n) is 13.5. The van der Waals surface area contributed by atoms with E-state index in [1.807, 2.05) is 13.0 Å². The minimum atomic E-state index is -0.469. The average Bonchev–Trinajstić information content (AvgIpc) is 2.36. The molecule has 3 nitrogen and oxygen atoms in total. The largest absolute Gasteiger partial charge is 0.491 e. The van der Waals surface area contributed by atoms with Crippen LogP contribution in [-0.2, 0) is 5.41 Å². The highest BCUT2D eigenvalue weighted by molar-refractivity contribution is 5.38. The quantitative estimate of drug-likeness (QED) is 0.754. The van der Waals surface area contributed by atoms with Crippen molar-refractivity contribution < 1.29 is 9.84 Å². The molecule has 0 aliphatic rings. The predicted molar refractivity (Wildman–Crippen MR) is 84.5 cm³/mol. The van der Waals surface area contributed by atoms with Crippen LogP contribution in [-0.4, -0.2) is 30.9 Å². The fraction of sp³-hybridized carbons (Fsp3) is 0.647. The van der Waals surface area contributed by atoms with Crippen LogP contribution in [0.15, 0.2) is 18.2 Å². The van der Waals surface area contributed by atoms with Crippen LogP contribution in [0, 0.1) is 6.92 Å². The normalized spacial score (nSPS) is 13.3. The second-order valence-electron chi connectivity index (χ2n) is 6.40. The third kappa shape index (κ3) is 5.51. The van der Waals surface area contributed by atoms with E-state index in [2.05, 4.69) is 45.1 Å². The van der Waals surface area contributed by atoms with Gasteiger partial charge in [-0.2, -0.15) is 0 Å². The lowest BCUT2D eigenvalue weighted by Crippen LogP contribution is -2.31. The number of ether oxygens (including phenoxy) is 1. The van der Waals surface area contributed by atoms with Crippen LogP contribution in [0.5, 0.6) is 5.75 Å². The van der Waals surface area contributed by atoms with Crippen molar-refractivity contribution in [3.8, 4) is 5.75 Å². The Balaban J connectivity index is 2.52. The highest BCUT2D eigenvalue weighted by Gasteiger charge is 2.15. The maximum atomic E-state index is 9.82. The van der Waals surface area contributed by atoms with Gasteiger partial charge in [-0.15, -0.1) is 0 Å². The first-order valence-corrected chi connectivity index (χ1v) is 7.47. The van der Waals surface area contributed by atoms with E-state index in [0.29, 0.717) is 13.2 Å². The van der Waals surface area contributed by atoms with Gasteiger partial charge in [-0.25, -0.2) is 0 Å². The molecular formula is C17H29NO2. The molecule has 1 aromatic carbocycles. The van der Waals surface area contributed by atoms with Gasteiger partial charge < -0.3 is 15.2 Å². The predicted octanol–water partition coefficient (Wildman–Crippen LogP) is 3.03. The Kier molecular flexibility index (Phi) is 6.50. The van der Waals surface area contributed by atoms with Crippen molar-refractivity contribution in [2.45, 2.75) is 52.6 Å². The van der Waals surface area contributed by atoms with Crippen molar-refractivity contribution in [2.24, 2.45) is 0 Å². The highest BCUT2D eigenvalue weighted by atomic mass is 16.5. The number of aryl methyl sites for hydroxylation is 1. The summed E-state index contributed by atoms with van der Waals surface area (Å²) < 4.78 is 5.71. The van der Waals surface area contributed by atoms with Crippen LogP contribution in [0.3, 0.4) is 0 Å². The van der Waals surface area contributed by atoms with Gasteiger partial charge in [0.25, 0.3) is 0 Å². The molecule has 0 spiro atoms. The lowest BCUT2D eigenvalue weighted by Gasteiger charge is -2.21. The van der Waals surface area contributed by atoms with Gasteiger partial charge in [-0.1, -0.05) is 39.8 Å². The lowest BCUT2D eigenvalue weighted by molar-refractivity contribution is 0.106. The van der Waals surface area contributed by atoms with E-state index in [1.165, 1.54) is 5.56 Å². The topological polar surface area (TPSA) is 41.5 Å². The first-order chi connectivity index (χ1) is 9.34.